The van der Waals surface area contributed by atoms with Crippen LogP contribution in [0.2, 0.25) is 0 Å². The lowest BCUT2D eigenvalue weighted by Gasteiger charge is -2.42. The van der Waals surface area contributed by atoms with Gasteiger partial charge in [-0.3, -0.25) is 19.6 Å². The summed E-state index contributed by atoms with van der Waals surface area (Å²) in [7, 11) is 0. The zero-order valence-electron chi connectivity index (χ0n) is 21.6. The number of amides is 1. The second-order valence-electron chi connectivity index (χ2n) is 10.4. The lowest BCUT2D eigenvalue weighted by molar-refractivity contribution is -0.129. The molecule has 0 aliphatic carbocycles. The molecule has 1 amide bonds. The van der Waals surface area contributed by atoms with Gasteiger partial charge in [-0.25, -0.2) is 9.97 Å². The lowest BCUT2D eigenvalue weighted by Crippen LogP contribution is -2.59. The number of fused-ring (bicyclic) bond motifs is 2. The van der Waals surface area contributed by atoms with Crippen LogP contribution in [0.1, 0.15) is 18.7 Å². The molecule has 0 radical (unpaired) electrons. The number of anilines is 1. The van der Waals surface area contributed by atoms with Gasteiger partial charge in [-0.05, 0) is 26.0 Å². The topological polar surface area (TPSA) is 126 Å². The summed E-state index contributed by atoms with van der Waals surface area (Å²) in [5.41, 5.74) is 8.20. The molecule has 11 nitrogen and oxygen atoms in total. The van der Waals surface area contributed by atoms with Crippen molar-refractivity contribution in [3.8, 4) is 22.6 Å². The molecule has 2 saturated heterocycles. The molecule has 0 unspecified atom stereocenters. The van der Waals surface area contributed by atoms with E-state index in [1.165, 1.54) is 4.88 Å². The van der Waals surface area contributed by atoms with Crippen LogP contribution in [0.5, 0.6) is 0 Å². The van der Waals surface area contributed by atoms with Gasteiger partial charge in [0.1, 0.15) is 0 Å². The number of rotatable bonds is 6. The van der Waals surface area contributed by atoms with Crippen LogP contribution in [0.3, 0.4) is 0 Å². The average molecular weight is 537 g/mol. The Morgan fingerprint density at radius 3 is 2.61 bits per heavy atom. The van der Waals surface area contributed by atoms with Gasteiger partial charge >= 0.3 is 0 Å². The predicted octanol–water partition coefficient (Wildman–Crippen LogP) is 2.11. The molecular formula is C26H32N8O3S. The van der Waals surface area contributed by atoms with Crippen LogP contribution in [0.25, 0.3) is 32.9 Å². The van der Waals surface area contributed by atoms with Gasteiger partial charge in [-0.1, -0.05) is 0 Å². The molecule has 2 fully saturated rings. The summed E-state index contributed by atoms with van der Waals surface area (Å²) >= 11 is 1.73. The highest BCUT2D eigenvalue weighted by atomic mass is 32.1. The highest BCUT2D eigenvalue weighted by Gasteiger charge is 2.34. The van der Waals surface area contributed by atoms with Crippen molar-refractivity contribution in [3.63, 3.8) is 0 Å². The number of primary amides is 1. The number of thiophene rings is 1. The molecule has 4 aliphatic rings. The molecule has 6 rings (SSSR count). The molecule has 0 aromatic carbocycles. The highest BCUT2D eigenvalue weighted by Crippen LogP contribution is 2.37. The summed E-state index contributed by atoms with van der Waals surface area (Å²) in [4.78, 5) is 34.3. The first-order valence-electron chi connectivity index (χ1n) is 12.9. The Kier molecular flexibility index (Phi) is 6.42. The Bertz CT molecular complexity index is 1440. The van der Waals surface area contributed by atoms with Crippen molar-refractivity contribution in [2.45, 2.75) is 25.9 Å². The van der Waals surface area contributed by atoms with Crippen LogP contribution >= 0.6 is 11.3 Å². The molecule has 0 atom stereocenters. The molecule has 6 heterocycles. The molecular weight excluding hydrogens is 504 g/mol. The Morgan fingerprint density at radius 1 is 1.11 bits per heavy atom. The van der Waals surface area contributed by atoms with Crippen molar-refractivity contribution < 1.29 is 14.7 Å². The Labute approximate surface area is 224 Å². The fourth-order valence-corrected chi connectivity index (χ4v) is 6.37. The molecule has 0 saturated carbocycles. The van der Waals surface area contributed by atoms with Crippen molar-refractivity contribution in [1.82, 2.24) is 29.5 Å². The van der Waals surface area contributed by atoms with Crippen LogP contribution < -0.4 is 10.6 Å². The van der Waals surface area contributed by atoms with Gasteiger partial charge < -0.3 is 20.6 Å². The summed E-state index contributed by atoms with van der Waals surface area (Å²) in [5, 5.41) is 10.3. The molecule has 0 spiro atoms. The van der Waals surface area contributed by atoms with Gasteiger partial charge in [0.05, 0.1) is 47.1 Å². The van der Waals surface area contributed by atoms with Crippen LogP contribution in [0.15, 0.2) is 30.7 Å². The first-order chi connectivity index (χ1) is 18.3. The Hall–Kier alpha value is -3.32. The maximum absolute atomic E-state index is 11.9. The van der Waals surface area contributed by atoms with E-state index in [-0.39, 0.29) is 5.91 Å². The number of ether oxygens (including phenoxy) is 1. The number of hydrogen-bond acceptors (Lipinski definition) is 10. The zero-order chi connectivity index (χ0) is 26.4. The van der Waals surface area contributed by atoms with Gasteiger partial charge in [-0.15, -0.1) is 11.3 Å². The van der Waals surface area contributed by atoms with Gasteiger partial charge in [0.15, 0.2) is 11.6 Å². The third-order valence-electron chi connectivity index (χ3n) is 7.64. The molecule has 3 N–H and O–H groups in total. The number of nitrogens with two attached hydrogens (primary N) is 1. The lowest BCUT2D eigenvalue weighted by atomic mass is 10.0. The van der Waals surface area contributed by atoms with E-state index in [4.69, 9.17) is 20.4 Å². The van der Waals surface area contributed by atoms with E-state index < -0.39 is 5.54 Å². The van der Waals surface area contributed by atoms with E-state index in [0.29, 0.717) is 24.7 Å². The zero-order valence-corrected chi connectivity index (χ0v) is 22.4. The van der Waals surface area contributed by atoms with Crippen LogP contribution in [-0.4, -0.2) is 98.6 Å². The summed E-state index contributed by atoms with van der Waals surface area (Å²) in [6.45, 7) is 10.7. The quantitative estimate of drug-likeness (QED) is 0.356. The van der Waals surface area contributed by atoms with Gasteiger partial charge in [-0.2, -0.15) is 4.73 Å². The third-order valence-corrected chi connectivity index (χ3v) is 8.74. The van der Waals surface area contributed by atoms with Gasteiger partial charge in [0, 0.05) is 68.0 Å². The van der Waals surface area contributed by atoms with Crippen molar-refractivity contribution >= 4 is 33.3 Å². The van der Waals surface area contributed by atoms with E-state index in [1.54, 1.807) is 29.9 Å². The van der Waals surface area contributed by atoms with Crippen LogP contribution in [0.4, 0.5) is 5.82 Å². The monoisotopic (exact) mass is 536 g/mol. The molecule has 2 aromatic heterocycles. The minimum atomic E-state index is -0.643. The normalized spacial score (nSPS) is 18.0. The number of morpholine rings is 1. The standard InChI is InChI=1S/C26H32N8O3S/c1-26(2,25(27)35)33-7-5-31(6-8-33)14-17-13-20-22(38-17)24(32-9-11-37-12-10-32)30-23(29-20)19-15-34(36)16-21-18(19)3-4-28-21/h3-4,13,15-16,36H,5-12,14H2,1-2H3,(H2,27,35). The second kappa shape index (κ2) is 9.77. The maximum atomic E-state index is 11.9. The summed E-state index contributed by atoms with van der Waals surface area (Å²) in [6, 6.07) is 4.08. The molecule has 4 aliphatic heterocycles. The largest absolute Gasteiger partial charge is 0.429 e. The minimum absolute atomic E-state index is 0.291. The fourth-order valence-electron chi connectivity index (χ4n) is 5.21. The highest BCUT2D eigenvalue weighted by molar-refractivity contribution is 7.19. The predicted molar refractivity (Wildman–Crippen MR) is 146 cm³/mol. The van der Waals surface area contributed by atoms with E-state index >= 15 is 0 Å². The second-order valence-corrected chi connectivity index (χ2v) is 11.5. The minimum Gasteiger partial charge on any atom is -0.429 e. The van der Waals surface area contributed by atoms with E-state index in [9.17, 15) is 10.0 Å². The number of pyridine rings is 1. The molecule has 200 valence electrons. The molecule has 0 bridgehead atoms. The van der Waals surface area contributed by atoms with E-state index in [0.717, 1.165) is 77.7 Å². The van der Waals surface area contributed by atoms with Crippen molar-refractivity contribution in [1.29, 1.82) is 0 Å². The summed E-state index contributed by atoms with van der Waals surface area (Å²) in [6.07, 6.45) is 4.93. The number of carbonyl (C=O) groups is 1. The average Bonchev–Trinajstić information content (AvgIpc) is 3.54. The molecule has 2 aromatic rings. The SMILES string of the molecule is CC(C)(C(N)=O)N1CCN(Cc2cc3nc(-c4cn(O)cc5nccc4-5)nc(N4CCOCC4)c3s2)CC1. The number of piperazine rings is 1. The van der Waals surface area contributed by atoms with Crippen molar-refractivity contribution in [2.24, 2.45) is 5.73 Å². The maximum Gasteiger partial charge on any atom is 0.237 e. The van der Waals surface area contributed by atoms with Crippen molar-refractivity contribution in [3.05, 3.63) is 35.6 Å². The number of aromatic nitrogens is 4. The van der Waals surface area contributed by atoms with E-state index in [1.807, 2.05) is 19.9 Å². The van der Waals surface area contributed by atoms with E-state index in [2.05, 4.69) is 25.8 Å². The smallest absolute Gasteiger partial charge is 0.237 e. The summed E-state index contributed by atoms with van der Waals surface area (Å²) in [5.74, 6) is 1.17. The molecule has 12 heteroatoms. The Balaban J connectivity index is 1.32. The van der Waals surface area contributed by atoms with Gasteiger partial charge in [0.2, 0.25) is 5.91 Å². The van der Waals surface area contributed by atoms with Crippen LogP contribution in [-0.2, 0) is 16.1 Å². The molecule has 38 heavy (non-hydrogen) atoms. The van der Waals surface area contributed by atoms with Crippen LogP contribution in [0, 0.1) is 0 Å². The fraction of sp³-hybridized carbons (Fsp3) is 0.462. The number of carbonyl (C=O) groups excluding carboxylic acids is 1. The first kappa shape index (κ1) is 25.0. The summed E-state index contributed by atoms with van der Waals surface area (Å²) < 4.78 is 7.68. The van der Waals surface area contributed by atoms with Gasteiger partial charge in [0.25, 0.3) is 0 Å². The third kappa shape index (κ3) is 4.57. The first-order valence-corrected chi connectivity index (χ1v) is 13.7. The number of nitrogens with zero attached hydrogens (tertiary/aromatic N) is 7. The number of hydrogen-bond donors (Lipinski definition) is 2. The Morgan fingerprint density at radius 2 is 1.87 bits per heavy atom. The van der Waals surface area contributed by atoms with Crippen molar-refractivity contribution in [2.75, 3.05) is 57.4 Å².